The molecule has 0 aliphatic heterocycles. The molecule has 0 aromatic heterocycles. The highest BCUT2D eigenvalue weighted by molar-refractivity contribution is 7.99. The Morgan fingerprint density at radius 1 is 1.19 bits per heavy atom. The highest BCUT2D eigenvalue weighted by Gasteiger charge is 2.12. The van der Waals surface area contributed by atoms with Crippen LogP contribution in [0.3, 0.4) is 0 Å². The second-order valence-electron chi connectivity index (χ2n) is 4.84. The first-order chi connectivity index (χ1) is 10.0. The summed E-state index contributed by atoms with van der Waals surface area (Å²) in [4.78, 5) is 14.0. The van der Waals surface area contributed by atoms with Crippen molar-refractivity contribution in [1.29, 1.82) is 0 Å². The third-order valence-electron chi connectivity index (χ3n) is 3.08. The Bertz CT molecular complexity index is 668. The highest BCUT2D eigenvalue weighted by Crippen LogP contribution is 2.32. The predicted molar refractivity (Wildman–Crippen MR) is 86.8 cm³/mol. The minimum absolute atomic E-state index is 0.340. The van der Waals surface area contributed by atoms with Gasteiger partial charge in [0, 0.05) is 15.5 Å². The normalized spacial score (nSPS) is 10.4. The van der Waals surface area contributed by atoms with Crippen LogP contribution in [0.5, 0.6) is 0 Å². The Hall–Kier alpha value is -1.94. The maximum atomic E-state index is 11.9. The lowest BCUT2D eigenvalue weighted by Crippen LogP contribution is -2.07. The van der Waals surface area contributed by atoms with Gasteiger partial charge in [0.15, 0.2) is 0 Å². The fraction of sp³-hybridized carbons (Fsp3) is 0.235. The molecule has 2 rings (SSSR count). The van der Waals surface area contributed by atoms with E-state index in [4.69, 9.17) is 10.5 Å². The highest BCUT2D eigenvalue weighted by atomic mass is 32.2. The van der Waals surface area contributed by atoms with Gasteiger partial charge in [0.05, 0.1) is 12.2 Å². The van der Waals surface area contributed by atoms with Crippen molar-refractivity contribution in [3.05, 3.63) is 53.1 Å². The van der Waals surface area contributed by atoms with Crippen molar-refractivity contribution >= 4 is 23.4 Å². The molecule has 0 unspecified atom stereocenters. The van der Waals surface area contributed by atoms with Crippen LogP contribution in [0.15, 0.2) is 46.2 Å². The SMILES string of the molecule is CCOC(=O)c1cc(Sc2ccc(C)cc2C)ccc1N. The fourth-order valence-corrected chi connectivity index (χ4v) is 2.95. The molecule has 0 bridgehead atoms. The number of anilines is 1. The smallest absolute Gasteiger partial charge is 0.340 e. The van der Waals surface area contributed by atoms with Gasteiger partial charge in [-0.05, 0) is 50.6 Å². The second-order valence-corrected chi connectivity index (χ2v) is 5.96. The molecule has 2 N–H and O–H groups in total. The summed E-state index contributed by atoms with van der Waals surface area (Å²) in [6.45, 7) is 6.28. The number of nitrogen functional groups attached to an aromatic ring is 1. The first-order valence-electron chi connectivity index (χ1n) is 6.83. The van der Waals surface area contributed by atoms with E-state index in [9.17, 15) is 4.79 Å². The number of esters is 1. The van der Waals surface area contributed by atoms with Gasteiger partial charge in [0.2, 0.25) is 0 Å². The molecular weight excluding hydrogens is 282 g/mol. The van der Waals surface area contributed by atoms with Crippen molar-refractivity contribution in [3.63, 3.8) is 0 Å². The van der Waals surface area contributed by atoms with Gasteiger partial charge >= 0.3 is 5.97 Å². The van der Waals surface area contributed by atoms with Gasteiger partial charge in [0.25, 0.3) is 0 Å². The quantitative estimate of drug-likeness (QED) is 0.679. The number of hydrogen-bond donors (Lipinski definition) is 1. The van der Waals surface area contributed by atoms with Crippen LogP contribution in [0.4, 0.5) is 5.69 Å². The fourth-order valence-electron chi connectivity index (χ4n) is 2.03. The van der Waals surface area contributed by atoms with E-state index in [0.29, 0.717) is 17.9 Å². The van der Waals surface area contributed by atoms with Crippen LogP contribution in [-0.4, -0.2) is 12.6 Å². The maximum Gasteiger partial charge on any atom is 0.340 e. The first kappa shape index (κ1) is 15.4. The molecule has 2 aromatic rings. The maximum absolute atomic E-state index is 11.9. The van der Waals surface area contributed by atoms with Gasteiger partial charge in [-0.25, -0.2) is 4.79 Å². The van der Waals surface area contributed by atoms with Crippen LogP contribution in [0, 0.1) is 13.8 Å². The van der Waals surface area contributed by atoms with Crippen molar-refractivity contribution < 1.29 is 9.53 Å². The standard InChI is InChI=1S/C17H19NO2S/c1-4-20-17(19)14-10-13(6-7-15(14)18)21-16-8-5-11(2)9-12(16)3/h5-10H,4,18H2,1-3H3. The van der Waals surface area contributed by atoms with Gasteiger partial charge in [-0.3, -0.25) is 0 Å². The van der Waals surface area contributed by atoms with Crippen LogP contribution in [-0.2, 0) is 4.74 Å². The van der Waals surface area contributed by atoms with Crippen molar-refractivity contribution in [2.75, 3.05) is 12.3 Å². The molecule has 110 valence electrons. The van der Waals surface area contributed by atoms with Gasteiger partial charge in [-0.2, -0.15) is 0 Å². The van der Waals surface area contributed by atoms with Crippen molar-refractivity contribution in [1.82, 2.24) is 0 Å². The first-order valence-corrected chi connectivity index (χ1v) is 7.64. The lowest BCUT2D eigenvalue weighted by atomic mass is 10.2. The molecule has 0 atom stereocenters. The molecule has 0 spiro atoms. The third-order valence-corrected chi connectivity index (χ3v) is 4.25. The number of carbonyl (C=O) groups is 1. The second kappa shape index (κ2) is 6.68. The van der Waals surface area contributed by atoms with Crippen LogP contribution in [0.25, 0.3) is 0 Å². The summed E-state index contributed by atoms with van der Waals surface area (Å²) in [5.74, 6) is -0.377. The van der Waals surface area contributed by atoms with Crippen LogP contribution >= 0.6 is 11.8 Å². The minimum atomic E-state index is -0.377. The molecule has 0 aliphatic carbocycles. The molecule has 0 heterocycles. The largest absolute Gasteiger partial charge is 0.462 e. The number of benzene rings is 2. The minimum Gasteiger partial charge on any atom is -0.462 e. The van der Waals surface area contributed by atoms with E-state index >= 15 is 0 Å². The summed E-state index contributed by atoms with van der Waals surface area (Å²) in [6.07, 6.45) is 0. The van der Waals surface area contributed by atoms with E-state index in [2.05, 4.69) is 32.0 Å². The Kier molecular flexibility index (Phi) is 4.91. The molecule has 2 aromatic carbocycles. The zero-order chi connectivity index (χ0) is 15.4. The van der Waals surface area contributed by atoms with Crippen molar-refractivity contribution in [2.24, 2.45) is 0 Å². The van der Waals surface area contributed by atoms with E-state index in [1.807, 2.05) is 6.07 Å². The predicted octanol–water partition coefficient (Wildman–Crippen LogP) is 4.21. The monoisotopic (exact) mass is 301 g/mol. The molecule has 4 heteroatoms. The Balaban J connectivity index is 2.28. The Morgan fingerprint density at radius 3 is 2.62 bits per heavy atom. The zero-order valence-corrected chi connectivity index (χ0v) is 13.3. The molecular formula is C17H19NO2S. The van der Waals surface area contributed by atoms with Crippen LogP contribution < -0.4 is 5.73 Å². The van der Waals surface area contributed by atoms with Crippen molar-refractivity contribution in [3.8, 4) is 0 Å². The number of rotatable bonds is 4. The zero-order valence-electron chi connectivity index (χ0n) is 12.5. The summed E-state index contributed by atoms with van der Waals surface area (Å²) >= 11 is 1.62. The number of ether oxygens (including phenoxy) is 1. The summed E-state index contributed by atoms with van der Waals surface area (Å²) < 4.78 is 5.03. The van der Waals surface area contributed by atoms with Gasteiger partial charge in [0.1, 0.15) is 0 Å². The van der Waals surface area contributed by atoms with Crippen LogP contribution in [0.2, 0.25) is 0 Å². The van der Waals surface area contributed by atoms with Gasteiger partial charge < -0.3 is 10.5 Å². The van der Waals surface area contributed by atoms with Gasteiger partial charge in [-0.15, -0.1) is 0 Å². The van der Waals surface area contributed by atoms with Crippen molar-refractivity contribution in [2.45, 2.75) is 30.6 Å². The van der Waals surface area contributed by atoms with E-state index in [-0.39, 0.29) is 5.97 Å². The molecule has 3 nitrogen and oxygen atoms in total. The molecule has 0 fully saturated rings. The average molecular weight is 301 g/mol. The summed E-state index contributed by atoms with van der Waals surface area (Å²) in [5.41, 5.74) is 9.17. The van der Waals surface area contributed by atoms with E-state index in [1.54, 1.807) is 30.8 Å². The number of nitrogens with two attached hydrogens (primary N) is 1. The summed E-state index contributed by atoms with van der Waals surface area (Å²) in [6, 6.07) is 11.8. The molecule has 0 radical (unpaired) electrons. The lowest BCUT2D eigenvalue weighted by molar-refractivity contribution is 0.0527. The number of aryl methyl sites for hydroxylation is 2. The van der Waals surface area contributed by atoms with E-state index in [1.165, 1.54) is 16.0 Å². The topological polar surface area (TPSA) is 52.3 Å². The van der Waals surface area contributed by atoms with Gasteiger partial charge in [-0.1, -0.05) is 29.5 Å². The number of hydrogen-bond acceptors (Lipinski definition) is 4. The summed E-state index contributed by atoms with van der Waals surface area (Å²) in [5, 5.41) is 0. The van der Waals surface area contributed by atoms with E-state index < -0.39 is 0 Å². The van der Waals surface area contributed by atoms with E-state index in [0.717, 1.165) is 4.90 Å². The third kappa shape index (κ3) is 3.79. The molecule has 0 saturated carbocycles. The molecule has 0 saturated heterocycles. The average Bonchev–Trinajstić information content (AvgIpc) is 2.44. The molecule has 0 amide bonds. The Labute approximate surface area is 129 Å². The molecule has 21 heavy (non-hydrogen) atoms. The number of carbonyl (C=O) groups excluding carboxylic acids is 1. The Morgan fingerprint density at radius 2 is 1.95 bits per heavy atom. The van der Waals surface area contributed by atoms with Crippen LogP contribution in [0.1, 0.15) is 28.4 Å². The molecule has 0 aliphatic rings. The lowest BCUT2D eigenvalue weighted by Gasteiger charge is -2.10. The summed E-state index contributed by atoms with van der Waals surface area (Å²) in [7, 11) is 0.